The molecule has 1 aliphatic rings. The molecule has 0 aromatic heterocycles. The van der Waals surface area contributed by atoms with Crippen LogP contribution in [0.1, 0.15) is 29.3 Å². The second kappa shape index (κ2) is 11.4. The van der Waals surface area contributed by atoms with Crippen LogP contribution in [0.3, 0.4) is 0 Å². The van der Waals surface area contributed by atoms with Crippen LogP contribution in [-0.2, 0) is 20.9 Å². The quantitative estimate of drug-likeness (QED) is 0.347. The second-order valence-corrected chi connectivity index (χ2v) is 8.34. The highest BCUT2D eigenvalue weighted by Crippen LogP contribution is 2.29. The Kier molecular flexibility index (Phi) is 7.83. The number of hydrogen-bond donors (Lipinski definition) is 1. The minimum absolute atomic E-state index is 0.133. The Morgan fingerprint density at radius 2 is 1.68 bits per heavy atom. The molecule has 4 rings (SSSR count). The Morgan fingerprint density at radius 3 is 2.35 bits per heavy atom. The van der Waals surface area contributed by atoms with Gasteiger partial charge in [0.1, 0.15) is 11.8 Å². The molecule has 1 N–H and O–H groups in total. The molecule has 0 bridgehead atoms. The van der Waals surface area contributed by atoms with Crippen LogP contribution in [0.25, 0.3) is 0 Å². The number of urea groups is 1. The van der Waals surface area contributed by atoms with E-state index in [0.29, 0.717) is 22.7 Å². The number of para-hydroxylation sites is 1. The maximum Gasteiger partial charge on any atom is 0.338 e. The van der Waals surface area contributed by atoms with E-state index in [9.17, 15) is 19.2 Å². The number of rotatable bonds is 9. The minimum atomic E-state index is -1.01. The fourth-order valence-electron chi connectivity index (χ4n) is 4.08. The average molecular weight is 502 g/mol. The predicted molar refractivity (Wildman–Crippen MR) is 137 cm³/mol. The summed E-state index contributed by atoms with van der Waals surface area (Å²) in [6, 6.07) is 20.6. The van der Waals surface area contributed by atoms with Crippen LogP contribution >= 0.6 is 0 Å². The highest BCUT2D eigenvalue weighted by atomic mass is 16.5. The molecule has 0 saturated carbocycles. The number of benzene rings is 3. The molecule has 1 atom stereocenters. The molecule has 9 heteroatoms. The van der Waals surface area contributed by atoms with Gasteiger partial charge in [0.2, 0.25) is 5.91 Å². The Morgan fingerprint density at radius 1 is 0.946 bits per heavy atom. The first kappa shape index (κ1) is 25.4. The van der Waals surface area contributed by atoms with Crippen molar-refractivity contribution in [2.45, 2.75) is 25.9 Å². The van der Waals surface area contributed by atoms with Gasteiger partial charge in [-0.2, -0.15) is 0 Å². The molecule has 3 aromatic rings. The number of hydrogen-bond acceptors (Lipinski definition) is 6. The number of esters is 1. The van der Waals surface area contributed by atoms with Gasteiger partial charge in [-0.1, -0.05) is 36.4 Å². The first-order valence-electron chi connectivity index (χ1n) is 11.8. The molecule has 0 unspecified atom stereocenters. The zero-order chi connectivity index (χ0) is 26.4. The normalized spacial score (nSPS) is 15.0. The Bertz CT molecular complexity index is 1290. The average Bonchev–Trinajstić information content (AvgIpc) is 3.13. The molecule has 1 saturated heterocycles. The monoisotopic (exact) mass is 501 g/mol. The van der Waals surface area contributed by atoms with Crippen molar-refractivity contribution >= 4 is 35.2 Å². The van der Waals surface area contributed by atoms with Crippen LogP contribution in [-0.4, -0.2) is 48.5 Å². The standard InChI is InChI=1S/C28H27N3O6/c1-3-37-27(34)20-8-7-9-21(16-20)29-25(32)17-24-26(33)31(22-10-5-4-6-11-22)28(35)30(24)18-19-12-14-23(36-2)15-13-19/h4-16,24H,3,17-18H2,1-2H3,(H,29,32)/t24-/m0/s1. The van der Waals surface area contributed by atoms with E-state index >= 15 is 0 Å². The zero-order valence-corrected chi connectivity index (χ0v) is 20.5. The van der Waals surface area contributed by atoms with Crippen molar-refractivity contribution in [2.75, 3.05) is 23.9 Å². The van der Waals surface area contributed by atoms with E-state index < -0.39 is 29.9 Å². The number of methoxy groups -OCH3 is 1. The van der Waals surface area contributed by atoms with Gasteiger partial charge >= 0.3 is 12.0 Å². The number of nitrogens with one attached hydrogen (secondary N) is 1. The van der Waals surface area contributed by atoms with Gasteiger partial charge in [0.25, 0.3) is 5.91 Å². The van der Waals surface area contributed by atoms with Crippen LogP contribution in [0, 0.1) is 0 Å². The van der Waals surface area contributed by atoms with E-state index in [1.807, 2.05) is 0 Å². The molecule has 0 spiro atoms. The zero-order valence-electron chi connectivity index (χ0n) is 20.5. The largest absolute Gasteiger partial charge is 0.497 e. The SMILES string of the molecule is CCOC(=O)c1cccc(NC(=O)C[C@H]2C(=O)N(c3ccccc3)C(=O)N2Cc2ccc(OC)cc2)c1. The third-order valence-corrected chi connectivity index (χ3v) is 5.88. The molecule has 3 aromatic carbocycles. The van der Waals surface area contributed by atoms with Gasteiger partial charge in [-0.15, -0.1) is 0 Å². The molecule has 37 heavy (non-hydrogen) atoms. The fraction of sp³-hybridized carbons (Fsp3) is 0.214. The van der Waals surface area contributed by atoms with Crippen molar-refractivity contribution in [1.29, 1.82) is 0 Å². The van der Waals surface area contributed by atoms with Crippen LogP contribution in [0.15, 0.2) is 78.9 Å². The van der Waals surface area contributed by atoms with Gasteiger partial charge in [0.15, 0.2) is 0 Å². The summed E-state index contributed by atoms with van der Waals surface area (Å²) in [5, 5.41) is 2.72. The summed E-state index contributed by atoms with van der Waals surface area (Å²) in [4.78, 5) is 54.3. The summed E-state index contributed by atoms with van der Waals surface area (Å²) in [6.45, 7) is 2.07. The Labute approximate surface area is 214 Å². The van der Waals surface area contributed by atoms with Gasteiger partial charge in [0.05, 0.1) is 31.4 Å². The maximum atomic E-state index is 13.4. The van der Waals surface area contributed by atoms with E-state index in [-0.39, 0.29) is 19.6 Å². The van der Waals surface area contributed by atoms with Crippen LogP contribution < -0.4 is 15.0 Å². The molecule has 0 aliphatic carbocycles. The maximum absolute atomic E-state index is 13.4. The lowest BCUT2D eigenvalue weighted by atomic mass is 10.1. The van der Waals surface area contributed by atoms with E-state index in [4.69, 9.17) is 9.47 Å². The Balaban J connectivity index is 1.56. The van der Waals surface area contributed by atoms with Crippen molar-refractivity contribution in [1.82, 2.24) is 4.90 Å². The summed E-state index contributed by atoms with van der Waals surface area (Å²) in [7, 11) is 1.56. The van der Waals surface area contributed by atoms with Crippen molar-refractivity contribution in [3.05, 3.63) is 90.0 Å². The van der Waals surface area contributed by atoms with Gasteiger partial charge in [0, 0.05) is 12.2 Å². The minimum Gasteiger partial charge on any atom is -0.497 e. The molecule has 4 amide bonds. The third-order valence-electron chi connectivity index (χ3n) is 5.88. The van der Waals surface area contributed by atoms with Gasteiger partial charge < -0.3 is 19.7 Å². The lowest BCUT2D eigenvalue weighted by Gasteiger charge is -2.22. The first-order valence-corrected chi connectivity index (χ1v) is 11.8. The summed E-state index contributed by atoms with van der Waals surface area (Å²) in [5.41, 5.74) is 1.89. The van der Waals surface area contributed by atoms with Crippen molar-refractivity contribution in [3.63, 3.8) is 0 Å². The van der Waals surface area contributed by atoms with E-state index in [1.165, 1.54) is 11.0 Å². The van der Waals surface area contributed by atoms with Crippen molar-refractivity contribution in [3.8, 4) is 5.75 Å². The molecular weight excluding hydrogens is 474 g/mol. The lowest BCUT2D eigenvalue weighted by Crippen LogP contribution is -2.37. The predicted octanol–water partition coefficient (Wildman–Crippen LogP) is 4.24. The number of anilines is 2. The highest BCUT2D eigenvalue weighted by Gasteiger charge is 2.46. The summed E-state index contributed by atoms with van der Waals surface area (Å²) >= 11 is 0. The number of amides is 4. The molecule has 190 valence electrons. The fourth-order valence-corrected chi connectivity index (χ4v) is 4.08. The van der Waals surface area contributed by atoms with Gasteiger partial charge in [-0.3, -0.25) is 9.59 Å². The lowest BCUT2D eigenvalue weighted by molar-refractivity contribution is -0.124. The molecule has 9 nitrogen and oxygen atoms in total. The summed E-state index contributed by atoms with van der Waals surface area (Å²) < 4.78 is 10.2. The number of nitrogens with zero attached hydrogens (tertiary/aromatic N) is 2. The number of ether oxygens (including phenoxy) is 2. The molecule has 1 heterocycles. The van der Waals surface area contributed by atoms with Gasteiger partial charge in [-0.05, 0) is 55.0 Å². The van der Waals surface area contributed by atoms with Crippen LogP contribution in [0.5, 0.6) is 5.75 Å². The molecule has 1 fully saturated rings. The third kappa shape index (κ3) is 5.78. The molecule has 0 radical (unpaired) electrons. The van der Waals surface area contributed by atoms with E-state index in [1.54, 1.807) is 86.8 Å². The van der Waals surface area contributed by atoms with Crippen molar-refractivity contribution in [2.24, 2.45) is 0 Å². The number of imide groups is 1. The Hall–Kier alpha value is -4.66. The van der Waals surface area contributed by atoms with Gasteiger partial charge in [-0.25, -0.2) is 14.5 Å². The van der Waals surface area contributed by atoms with E-state index in [2.05, 4.69) is 5.32 Å². The second-order valence-electron chi connectivity index (χ2n) is 8.34. The topological polar surface area (TPSA) is 105 Å². The number of carbonyl (C=O) groups is 4. The highest BCUT2D eigenvalue weighted by molar-refractivity contribution is 6.22. The van der Waals surface area contributed by atoms with Crippen LogP contribution in [0.4, 0.5) is 16.2 Å². The van der Waals surface area contributed by atoms with E-state index in [0.717, 1.165) is 10.5 Å². The van der Waals surface area contributed by atoms with Crippen LogP contribution in [0.2, 0.25) is 0 Å². The molecule has 1 aliphatic heterocycles. The van der Waals surface area contributed by atoms with Crippen molar-refractivity contribution < 1.29 is 28.7 Å². The molecular formula is C28H27N3O6. The smallest absolute Gasteiger partial charge is 0.338 e. The summed E-state index contributed by atoms with van der Waals surface area (Å²) in [6.07, 6.45) is -0.256. The summed E-state index contributed by atoms with van der Waals surface area (Å²) in [5.74, 6) is -0.791. The number of carbonyl (C=O) groups excluding carboxylic acids is 4. The first-order chi connectivity index (χ1) is 17.9.